The summed E-state index contributed by atoms with van der Waals surface area (Å²) < 4.78 is 5.16. The van der Waals surface area contributed by atoms with E-state index in [1.807, 2.05) is 42.5 Å². The van der Waals surface area contributed by atoms with Crippen molar-refractivity contribution in [2.75, 3.05) is 6.54 Å². The summed E-state index contributed by atoms with van der Waals surface area (Å²) in [6.45, 7) is 0.753. The first kappa shape index (κ1) is 20.9. The molecule has 0 fully saturated rings. The molecule has 0 saturated carbocycles. The summed E-state index contributed by atoms with van der Waals surface area (Å²) >= 11 is 0. The first-order valence-electron chi connectivity index (χ1n) is 10.2. The monoisotopic (exact) mass is 395 g/mol. The molecule has 3 rings (SSSR count). The van der Waals surface area contributed by atoms with Crippen molar-refractivity contribution >= 4 is 12.0 Å². The number of ether oxygens (including phenoxy) is 1. The van der Waals surface area contributed by atoms with Crippen molar-refractivity contribution in [2.24, 2.45) is 5.73 Å². The summed E-state index contributed by atoms with van der Waals surface area (Å²) in [5.41, 5.74) is 9.58. The second kappa shape index (κ2) is 10.6. The zero-order chi connectivity index (χ0) is 20.5. The molecule has 1 atom stereocenters. The molecule has 0 spiro atoms. The minimum absolute atomic E-state index is 0.0990. The number of fused-ring (bicyclic) bond motifs is 1. The normalized spacial score (nSPS) is 14.1. The van der Waals surface area contributed by atoms with E-state index in [2.05, 4.69) is 22.8 Å². The number of nitrogens with two attached hydrogens (primary N) is 1. The molecule has 6 nitrogen and oxygen atoms in total. The molecule has 0 aromatic heterocycles. The molecule has 154 valence electrons. The molecule has 0 radical (unpaired) electrons. The zero-order valence-electron chi connectivity index (χ0n) is 16.6. The number of benzene rings is 2. The van der Waals surface area contributed by atoms with E-state index >= 15 is 0 Å². The molecule has 2 aromatic carbocycles. The summed E-state index contributed by atoms with van der Waals surface area (Å²) in [4.78, 5) is 24.0. The maximum Gasteiger partial charge on any atom is 0.407 e. The van der Waals surface area contributed by atoms with Crippen LogP contribution in [0.3, 0.4) is 0 Å². The quantitative estimate of drug-likeness (QED) is 0.569. The standard InChI is InChI=1S/C23H29N3O3/c24-21(22(27)26-20-14-18-10-4-5-11-19(18)15-20)12-6-7-13-25-23(28)29-16-17-8-2-1-3-9-17/h1-5,8-11,20-21H,6-7,12-16,24H2,(H,25,28)(H,26,27)/t21-/m0/s1. The number of rotatable bonds is 9. The lowest BCUT2D eigenvalue weighted by molar-refractivity contribution is -0.123. The lowest BCUT2D eigenvalue weighted by atomic mass is 10.1. The van der Waals surface area contributed by atoms with E-state index in [9.17, 15) is 9.59 Å². The summed E-state index contributed by atoms with van der Waals surface area (Å²) in [6, 6.07) is 17.4. The van der Waals surface area contributed by atoms with Gasteiger partial charge in [-0.25, -0.2) is 4.79 Å². The number of unbranched alkanes of at least 4 members (excludes halogenated alkanes) is 1. The fraction of sp³-hybridized carbons (Fsp3) is 0.391. The third kappa shape index (κ3) is 6.61. The highest BCUT2D eigenvalue weighted by molar-refractivity contribution is 5.81. The molecular formula is C23H29N3O3. The van der Waals surface area contributed by atoms with Crippen LogP contribution in [0.5, 0.6) is 0 Å². The maximum atomic E-state index is 12.3. The summed E-state index contributed by atoms with van der Waals surface area (Å²) in [7, 11) is 0. The van der Waals surface area contributed by atoms with Crippen LogP contribution in [0.4, 0.5) is 4.79 Å². The van der Waals surface area contributed by atoms with Crippen molar-refractivity contribution in [3.05, 3.63) is 71.3 Å². The van der Waals surface area contributed by atoms with Crippen LogP contribution in [-0.4, -0.2) is 30.6 Å². The van der Waals surface area contributed by atoms with Gasteiger partial charge in [-0.3, -0.25) is 4.79 Å². The van der Waals surface area contributed by atoms with Crippen LogP contribution in [0, 0.1) is 0 Å². The van der Waals surface area contributed by atoms with Crippen LogP contribution in [0.25, 0.3) is 0 Å². The minimum atomic E-state index is -0.524. The second-order valence-corrected chi connectivity index (χ2v) is 7.47. The molecule has 0 bridgehead atoms. The van der Waals surface area contributed by atoms with Crippen molar-refractivity contribution in [3.8, 4) is 0 Å². The van der Waals surface area contributed by atoms with Crippen molar-refractivity contribution in [3.63, 3.8) is 0 Å². The molecule has 0 saturated heterocycles. The average Bonchev–Trinajstić information content (AvgIpc) is 3.14. The summed E-state index contributed by atoms with van der Waals surface area (Å²) in [6.07, 6.45) is 3.39. The second-order valence-electron chi connectivity index (χ2n) is 7.47. The van der Waals surface area contributed by atoms with Crippen LogP contribution in [-0.2, 0) is 29.0 Å². The van der Waals surface area contributed by atoms with Crippen LogP contribution >= 0.6 is 0 Å². The van der Waals surface area contributed by atoms with Gasteiger partial charge in [0.15, 0.2) is 0 Å². The third-order valence-electron chi connectivity index (χ3n) is 5.16. The molecule has 0 unspecified atom stereocenters. The highest BCUT2D eigenvalue weighted by Gasteiger charge is 2.24. The number of nitrogens with one attached hydrogen (secondary N) is 2. The van der Waals surface area contributed by atoms with Crippen molar-refractivity contribution < 1.29 is 14.3 Å². The molecule has 6 heteroatoms. The predicted octanol–water partition coefficient (Wildman–Crippen LogP) is 2.69. The topological polar surface area (TPSA) is 93.4 Å². The first-order valence-corrected chi connectivity index (χ1v) is 10.2. The van der Waals surface area contributed by atoms with E-state index in [0.29, 0.717) is 13.0 Å². The van der Waals surface area contributed by atoms with Gasteiger partial charge in [-0.1, -0.05) is 54.6 Å². The largest absolute Gasteiger partial charge is 0.445 e. The lowest BCUT2D eigenvalue weighted by Crippen LogP contribution is -2.45. The molecular weight excluding hydrogens is 366 g/mol. The van der Waals surface area contributed by atoms with Gasteiger partial charge in [0.05, 0.1) is 6.04 Å². The van der Waals surface area contributed by atoms with Crippen LogP contribution < -0.4 is 16.4 Å². The summed E-state index contributed by atoms with van der Waals surface area (Å²) in [5, 5.41) is 5.79. The lowest BCUT2D eigenvalue weighted by Gasteiger charge is -2.16. The van der Waals surface area contributed by atoms with Gasteiger partial charge >= 0.3 is 6.09 Å². The number of hydrogen-bond donors (Lipinski definition) is 3. The Morgan fingerprint density at radius 2 is 1.66 bits per heavy atom. The third-order valence-corrected chi connectivity index (χ3v) is 5.16. The number of carbonyl (C=O) groups excluding carboxylic acids is 2. The van der Waals surface area contributed by atoms with Gasteiger partial charge in [-0.2, -0.15) is 0 Å². The Balaban J connectivity index is 1.25. The van der Waals surface area contributed by atoms with Crippen molar-refractivity contribution in [1.29, 1.82) is 0 Å². The van der Waals surface area contributed by atoms with Crippen molar-refractivity contribution in [1.82, 2.24) is 10.6 Å². The Bertz CT molecular complexity index is 785. The smallest absolute Gasteiger partial charge is 0.407 e. The molecule has 0 heterocycles. The molecule has 2 amide bonds. The Morgan fingerprint density at radius 1 is 1.00 bits per heavy atom. The SMILES string of the molecule is N[C@@H](CCCCNC(=O)OCc1ccccc1)C(=O)NC1Cc2ccccc2C1. The molecule has 29 heavy (non-hydrogen) atoms. The van der Waals surface area contributed by atoms with E-state index in [0.717, 1.165) is 31.2 Å². The maximum absolute atomic E-state index is 12.3. The van der Waals surface area contributed by atoms with Gasteiger partial charge in [0.1, 0.15) is 6.61 Å². The number of alkyl carbamates (subject to hydrolysis) is 1. The van der Waals surface area contributed by atoms with Gasteiger partial charge < -0.3 is 21.1 Å². The van der Waals surface area contributed by atoms with E-state index in [1.165, 1.54) is 11.1 Å². The number of amides is 2. The van der Waals surface area contributed by atoms with E-state index in [1.54, 1.807) is 0 Å². The summed E-state index contributed by atoms with van der Waals surface area (Å²) in [5.74, 6) is -0.0990. The molecule has 1 aliphatic carbocycles. The molecule has 2 aromatic rings. The van der Waals surface area contributed by atoms with Gasteiger partial charge in [0, 0.05) is 12.6 Å². The van der Waals surface area contributed by atoms with Crippen LogP contribution in [0.2, 0.25) is 0 Å². The van der Waals surface area contributed by atoms with Gasteiger partial charge in [-0.15, -0.1) is 0 Å². The van der Waals surface area contributed by atoms with E-state index in [-0.39, 0.29) is 18.6 Å². The van der Waals surface area contributed by atoms with Crippen LogP contribution in [0.1, 0.15) is 36.0 Å². The minimum Gasteiger partial charge on any atom is -0.445 e. The Morgan fingerprint density at radius 3 is 2.34 bits per heavy atom. The Hall–Kier alpha value is -2.86. The fourth-order valence-corrected chi connectivity index (χ4v) is 3.55. The van der Waals surface area contributed by atoms with Gasteiger partial charge in [0.25, 0.3) is 0 Å². The van der Waals surface area contributed by atoms with E-state index < -0.39 is 12.1 Å². The first-order chi connectivity index (χ1) is 14.1. The predicted molar refractivity (Wildman–Crippen MR) is 112 cm³/mol. The van der Waals surface area contributed by atoms with E-state index in [4.69, 9.17) is 10.5 Å². The number of hydrogen-bond acceptors (Lipinski definition) is 4. The highest BCUT2D eigenvalue weighted by atomic mass is 16.5. The molecule has 0 aliphatic heterocycles. The van der Waals surface area contributed by atoms with Gasteiger partial charge in [0.2, 0.25) is 5.91 Å². The molecule has 4 N–H and O–H groups in total. The Labute approximate surface area is 171 Å². The zero-order valence-corrected chi connectivity index (χ0v) is 16.6. The van der Waals surface area contributed by atoms with Gasteiger partial charge in [-0.05, 0) is 48.8 Å². The number of carbonyl (C=O) groups is 2. The highest BCUT2D eigenvalue weighted by Crippen LogP contribution is 2.21. The fourth-order valence-electron chi connectivity index (χ4n) is 3.55. The Kier molecular flexibility index (Phi) is 7.64. The van der Waals surface area contributed by atoms with Crippen molar-refractivity contribution in [2.45, 2.75) is 50.8 Å². The average molecular weight is 396 g/mol. The van der Waals surface area contributed by atoms with Crippen LogP contribution in [0.15, 0.2) is 54.6 Å². The molecule has 1 aliphatic rings.